The first-order chi connectivity index (χ1) is 8.29. The molecule has 1 aromatic carbocycles. The fraction of sp³-hybridized carbons (Fsp3) is 0.538. The Kier molecular flexibility index (Phi) is 4.66. The van der Waals surface area contributed by atoms with Crippen molar-refractivity contribution in [3.05, 3.63) is 28.8 Å². The molecule has 0 atom stereocenters. The highest BCUT2D eigenvalue weighted by Gasteiger charge is 2.10. The molecule has 2 rings (SSSR count). The number of hydrogen-bond donors (Lipinski definition) is 1. The summed E-state index contributed by atoms with van der Waals surface area (Å²) in [4.78, 5) is 0. The molecule has 0 bridgehead atoms. The summed E-state index contributed by atoms with van der Waals surface area (Å²) < 4.78 is 5.32. The second kappa shape index (κ2) is 6.24. The second-order valence-corrected chi connectivity index (χ2v) is 4.78. The zero-order valence-electron chi connectivity index (χ0n) is 10.2. The average molecular weight is 255 g/mol. The first kappa shape index (κ1) is 12.7. The van der Waals surface area contributed by atoms with Gasteiger partial charge in [-0.2, -0.15) is 0 Å². The molecular weight excluding hydrogens is 236 g/mol. The lowest BCUT2D eigenvalue weighted by Crippen LogP contribution is -2.41. The number of ether oxygens (including phenoxy) is 1. The molecule has 1 aliphatic heterocycles. The SMILES string of the molecule is COc1ccc(Cl)cc1CNN1CCCCC1. The molecule has 0 aromatic heterocycles. The van der Waals surface area contributed by atoms with Gasteiger partial charge in [0.25, 0.3) is 0 Å². The van der Waals surface area contributed by atoms with Crippen LogP contribution in [0.1, 0.15) is 24.8 Å². The van der Waals surface area contributed by atoms with Crippen LogP contribution in [-0.2, 0) is 6.54 Å². The van der Waals surface area contributed by atoms with Gasteiger partial charge >= 0.3 is 0 Å². The number of hydrazine groups is 1. The van der Waals surface area contributed by atoms with Gasteiger partial charge in [0.15, 0.2) is 0 Å². The zero-order chi connectivity index (χ0) is 12.1. The minimum Gasteiger partial charge on any atom is -0.496 e. The minimum atomic E-state index is 0.751. The average Bonchev–Trinajstić information content (AvgIpc) is 2.38. The zero-order valence-corrected chi connectivity index (χ0v) is 11.0. The molecule has 1 heterocycles. The third-order valence-corrected chi connectivity index (χ3v) is 3.33. The van der Waals surface area contributed by atoms with E-state index in [0.717, 1.165) is 36.0 Å². The molecule has 0 amide bonds. The number of piperidine rings is 1. The molecule has 0 saturated carbocycles. The van der Waals surface area contributed by atoms with E-state index in [1.54, 1.807) is 7.11 Å². The van der Waals surface area contributed by atoms with Gasteiger partial charge in [0.2, 0.25) is 0 Å². The maximum atomic E-state index is 6.00. The van der Waals surface area contributed by atoms with Gasteiger partial charge in [-0.3, -0.25) is 5.43 Å². The van der Waals surface area contributed by atoms with E-state index in [9.17, 15) is 0 Å². The standard InChI is InChI=1S/C13H19ClN2O/c1-17-13-6-5-12(14)9-11(13)10-15-16-7-3-2-4-8-16/h5-6,9,15H,2-4,7-8,10H2,1H3. The van der Waals surface area contributed by atoms with Crippen LogP contribution in [-0.4, -0.2) is 25.2 Å². The summed E-state index contributed by atoms with van der Waals surface area (Å²) in [6.07, 6.45) is 3.90. The van der Waals surface area contributed by atoms with Crippen LogP contribution < -0.4 is 10.2 Å². The molecule has 4 heteroatoms. The number of benzene rings is 1. The van der Waals surface area contributed by atoms with Crippen molar-refractivity contribution in [1.29, 1.82) is 0 Å². The Hall–Kier alpha value is -0.770. The molecule has 94 valence electrons. The van der Waals surface area contributed by atoms with Crippen LogP contribution in [0.25, 0.3) is 0 Å². The highest BCUT2D eigenvalue weighted by atomic mass is 35.5. The monoisotopic (exact) mass is 254 g/mol. The molecule has 1 aromatic rings. The Morgan fingerprint density at radius 2 is 2.06 bits per heavy atom. The van der Waals surface area contributed by atoms with E-state index in [2.05, 4.69) is 10.4 Å². The Bertz CT molecular complexity index is 364. The number of hydrogen-bond acceptors (Lipinski definition) is 3. The summed E-state index contributed by atoms with van der Waals surface area (Å²) in [6, 6.07) is 5.72. The Labute approximate surface area is 108 Å². The van der Waals surface area contributed by atoms with E-state index in [0.29, 0.717) is 0 Å². The molecule has 17 heavy (non-hydrogen) atoms. The largest absolute Gasteiger partial charge is 0.496 e. The fourth-order valence-electron chi connectivity index (χ4n) is 2.13. The summed E-state index contributed by atoms with van der Waals surface area (Å²) in [5, 5.41) is 3.03. The van der Waals surface area contributed by atoms with E-state index < -0.39 is 0 Å². The molecular formula is C13H19ClN2O. The van der Waals surface area contributed by atoms with Crippen LogP contribution in [0.4, 0.5) is 0 Å². The highest BCUT2D eigenvalue weighted by Crippen LogP contribution is 2.22. The van der Waals surface area contributed by atoms with Crippen LogP contribution in [0.5, 0.6) is 5.75 Å². The lowest BCUT2D eigenvalue weighted by atomic mass is 10.1. The smallest absolute Gasteiger partial charge is 0.123 e. The Morgan fingerprint density at radius 3 is 2.76 bits per heavy atom. The number of halogens is 1. The molecule has 1 N–H and O–H groups in total. The molecule has 1 saturated heterocycles. The number of rotatable bonds is 4. The second-order valence-electron chi connectivity index (χ2n) is 4.34. The Balaban J connectivity index is 1.95. The van der Waals surface area contributed by atoms with Crippen molar-refractivity contribution < 1.29 is 4.74 Å². The van der Waals surface area contributed by atoms with Crippen LogP contribution in [0, 0.1) is 0 Å². The fourth-order valence-corrected chi connectivity index (χ4v) is 2.33. The first-order valence-electron chi connectivity index (χ1n) is 6.10. The van der Waals surface area contributed by atoms with Crippen molar-refractivity contribution in [3.63, 3.8) is 0 Å². The predicted molar refractivity (Wildman–Crippen MR) is 70.3 cm³/mol. The van der Waals surface area contributed by atoms with Crippen LogP contribution in [0.3, 0.4) is 0 Å². The third kappa shape index (κ3) is 3.60. The highest BCUT2D eigenvalue weighted by molar-refractivity contribution is 6.30. The molecule has 0 unspecified atom stereocenters. The molecule has 1 fully saturated rings. The number of nitrogens with zero attached hydrogens (tertiary/aromatic N) is 1. The molecule has 0 aliphatic carbocycles. The predicted octanol–water partition coefficient (Wildman–Crippen LogP) is 2.84. The van der Waals surface area contributed by atoms with Gasteiger partial charge in [0, 0.05) is 30.2 Å². The summed E-state index contributed by atoms with van der Waals surface area (Å²) in [5.74, 6) is 0.888. The van der Waals surface area contributed by atoms with Crippen LogP contribution >= 0.6 is 11.6 Å². The summed E-state index contributed by atoms with van der Waals surface area (Å²) in [6.45, 7) is 3.02. The van der Waals surface area contributed by atoms with Crippen LogP contribution in [0.15, 0.2) is 18.2 Å². The van der Waals surface area contributed by atoms with Gasteiger partial charge in [0.1, 0.15) is 5.75 Å². The van der Waals surface area contributed by atoms with Gasteiger partial charge in [-0.25, -0.2) is 5.01 Å². The lowest BCUT2D eigenvalue weighted by Gasteiger charge is -2.27. The van der Waals surface area contributed by atoms with E-state index in [-0.39, 0.29) is 0 Å². The van der Waals surface area contributed by atoms with Crippen molar-refractivity contribution in [2.75, 3.05) is 20.2 Å². The molecule has 3 nitrogen and oxygen atoms in total. The number of methoxy groups -OCH3 is 1. The first-order valence-corrected chi connectivity index (χ1v) is 6.48. The van der Waals surface area contributed by atoms with E-state index >= 15 is 0 Å². The molecule has 0 radical (unpaired) electrons. The Morgan fingerprint density at radius 1 is 1.29 bits per heavy atom. The number of nitrogens with one attached hydrogen (secondary N) is 1. The van der Waals surface area contributed by atoms with E-state index in [4.69, 9.17) is 16.3 Å². The maximum absolute atomic E-state index is 6.00. The topological polar surface area (TPSA) is 24.5 Å². The maximum Gasteiger partial charge on any atom is 0.123 e. The summed E-state index contributed by atoms with van der Waals surface area (Å²) in [7, 11) is 1.69. The van der Waals surface area contributed by atoms with Gasteiger partial charge in [0.05, 0.1) is 7.11 Å². The van der Waals surface area contributed by atoms with E-state index in [1.165, 1.54) is 19.3 Å². The van der Waals surface area contributed by atoms with Gasteiger partial charge in [-0.1, -0.05) is 18.0 Å². The quantitative estimate of drug-likeness (QED) is 0.894. The van der Waals surface area contributed by atoms with Gasteiger partial charge < -0.3 is 4.74 Å². The summed E-state index contributed by atoms with van der Waals surface area (Å²) in [5.41, 5.74) is 4.54. The molecule has 0 spiro atoms. The van der Waals surface area contributed by atoms with Crippen molar-refractivity contribution in [2.45, 2.75) is 25.8 Å². The minimum absolute atomic E-state index is 0.751. The van der Waals surface area contributed by atoms with Crippen molar-refractivity contribution >= 4 is 11.6 Å². The van der Waals surface area contributed by atoms with Crippen LogP contribution in [0.2, 0.25) is 5.02 Å². The van der Waals surface area contributed by atoms with Crippen molar-refractivity contribution in [1.82, 2.24) is 10.4 Å². The van der Waals surface area contributed by atoms with Crippen molar-refractivity contribution in [2.24, 2.45) is 0 Å². The van der Waals surface area contributed by atoms with Gasteiger partial charge in [-0.15, -0.1) is 0 Å². The third-order valence-electron chi connectivity index (χ3n) is 3.09. The summed E-state index contributed by atoms with van der Waals surface area (Å²) >= 11 is 6.00. The van der Waals surface area contributed by atoms with Crippen molar-refractivity contribution in [3.8, 4) is 5.75 Å². The van der Waals surface area contributed by atoms with Gasteiger partial charge in [-0.05, 0) is 31.0 Å². The lowest BCUT2D eigenvalue weighted by molar-refractivity contribution is 0.150. The normalized spacial score (nSPS) is 17.1. The molecule has 1 aliphatic rings. The van der Waals surface area contributed by atoms with E-state index in [1.807, 2.05) is 18.2 Å².